The molecule has 0 aliphatic heterocycles. The van der Waals surface area contributed by atoms with E-state index in [2.05, 4.69) is 20.6 Å². The van der Waals surface area contributed by atoms with Gasteiger partial charge in [0.2, 0.25) is 0 Å². The lowest BCUT2D eigenvalue weighted by atomic mass is 10.4. The van der Waals surface area contributed by atoms with Gasteiger partial charge >= 0.3 is 6.09 Å². The van der Waals surface area contributed by atoms with E-state index < -0.39 is 6.09 Å². The zero-order chi connectivity index (χ0) is 12.7. The Balaban J connectivity index is 2.25. The van der Waals surface area contributed by atoms with E-state index in [1.807, 2.05) is 0 Å². The number of amides is 2. The molecule has 0 radical (unpaired) electrons. The van der Waals surface area contributed by atoms with E-state index in [4.69, 9.17) is 16.7 Å². The smallest absolute Gasteiger partial charge is 0.404 e. The molecule has 0 aromatic carbocycles. The molecule has 1 rings (SSSR count). The monoisotopic (exact) mass is 258 g/mol. The highest BCUT2D eigenvalue weighted by Gasteiger charge is 2.06. The lowest BCUT2D eigenvalue weighted by molar-refractivity contribution is 0.0948. The molecule has 1 heterocycles. The molecule has 7 nitrogen and oxygen atoms in total. The number of rotatable bonds is 5. The molecule has 0 spiro atoms. The number of carbonyl (C=O) groups excluding carboxylic acids is 1. The number of halogens is 1. The maximum atomic E-state index is 11.5. The average molecular weight is 259 g/mol. The summed E-state index contributed by atoms with van der Waals surface area (Å²) in [5.41, 5.74) is 0.167. The molecule has 0 aliphatic carbocycles. The summed E-state index contributed by atoms with van der Waals surface area (Å²) in [6.07, 6.45) is 1.97. The fourth-order valence-electron chi connectivity index (χ4n) is 1.01. The Bertz CT molecular complexity index is 396. The third-order valence-electron chi connectivity index (χ3n) is 1.77. The normalized spacial score (nSPS) is 9.71. The van der Waals surface area contributed by atoms with Crippen LogP contribution in [0.3, 0.4) is 0 Å². The Hall–Kier alpha value is -1.89. The molecular weight excluding hydrogens is 248 g/mol. The minimum atomic E-state index is -1.08. The van der Waals surface area contributed by atoms with Gasteiger partial charge in [-0.3, -0.25) is 4.79 Å². The highest BCUT2D eigenvalue weighted by molar-refractivity contribution is 6.29. The summed E-state index contributed by atoms with van der Waals surface area (Å²) in [7, 11) is 0. The molecule has 0 aliphatic rings. The molecule has 2 amide bonds. The number of nitrogens with one attached hydrogen (secondary N) is 2. The van der Waals surface area contributed by atoms with Gasteiger partial charge in [-0.05, 0) is 6.42 Å². The molecule has 0 unspecified atom stereocenters. The molecule has 1 aromatic rings. The number of aromatic nitrogens is 2. The van der Waals surface area contributed by atoms with Gasteiger partial charge in [0.1, 0.15) is 10.8 Å². The summed E-state index contributed by atoms with van der Waals surface area (Å²) in [5, 5.41) is 13.3. The first-order valence-electron chi connectivity index (χ1n) is 4.82. The van der Waals surface area contributed by atoms with Crippen molar-refractivity contribution < 1.29 is 14.7 Å². The number of carbonyl (C=O) groups is 2. The quantitative estimate of drug-likeness (QED) is 0.668. The van der Waals surface area contributed by atoms with Crippen molar-refractivity contribution in [3.63, 3.8) is 0 Å². The SMILES string of the molecule is O=C(O)NCCCNC(=O)c1cnc(Cl)cn1. The maximum absolute atomic E-state index is 11.5. The minimum Gasteiger partial charge on any atom is -0.465 e. The van der Waals surface area contributed by atoms with Crippen LogP contribution >= 0.6 is 11.6 Å². The van der Waals surface area contributed by atoms with Crippen molar-refractivity contribution in [2.24, 2.45) is 0 Å². The van der Waals surface area contributed by atoms with Gasteiger partial charge in [0.15, 0.2) is 0 Å². The summed E-state index contributed by atoms with van der Waals surface area (Å²) < 4.78 is 0. The standard InChI is InChI=1S/C9H11ClN4O3/c10-7-5-13-6(4-14-7)8(15)11-2-1-3-12-9(16)17/h4-5,12H,1-3H2,(H,11,15)(H,16,17). The first-order valence-corrected chi connectivity index (χ1v) is 5.20. The van der Waals surface area contributed by atoms with Gasteiger partial charge < -0.3 is 15.7 Å². The van der Waals surface area contributed by atoms with E-state index in [1.165, 1.54) is 12.4 Å². The van der Waals surface area contributed by atoms with Crippen LogP contribution in [-0.2, 0) is 0 Å². The molecule has 92 valence electrons. The van der Waals surface area contributed by atoms with Crippen LogP contribution in [0.5, 0.6) is 0 Å². The van der Waals surface area contributed by atoms with Crippen LogP contribution in [0.15, 0.2) is 12.4 Å². The second-order valence-corrected chi connectivity index (χ2v) is 3.45. The third-order valence-corrected chi connectivity index (χ3v) is 1.96. The van der Waals surface area contributed by atoms with Crippen molar-refractivity contribution in [1.29, 1.82) is 0 Å². The molecule has 0 fully saturated rings. The van der Waals surface area contributed by atoms with Crippen molar-refractivity contribution in [2.45, 2.75) is 6.42 Å². The van der Waals surface area contributed by atoms with E-state index in [1.54, 1.807) is 0 Å². The molecule has 17 heavy (non-hydrogen) atoms. The van der Waals surface area contributed by atoms with Crippen LogP contribution in [-0.4, -0.2) is 40.2 Å². The molecule has 1 aromatic heterocycles. The first kappa shape index (κ1) is 13.2. The lowest BCUT2D eigenvalue weighted by Gasteiger charge is -2.04. The molecule has 3 N–H and O–H groups in total. The second-order valence-electron chi connectivity index (χ2n) is 3.07. The van der Waals surface area contributed by atoms with Gasteiger partial charge in [-0.2, -0.15) is 0 Å². The highest BCUT2D eigenvalue weighted by Crippen LogP contribution is 2.00. The highest BCUT2D eigenvalue weighted by atomic mass is 35.5. The first-order chi connectivity index (χ1) is 8.09. The minimum absolute atomic E-state index is 0.167. The zero-order valence-corrected chi connectivity index (χ0v) is 9.57. The van der Waals surface area contributed by atoms with Crippen LogP contribution in [0, 0.1) is 0 Å². The van der Waals surface area contributed by atoms with Crippen molar-refractivity contribution in [3.05, 3.63) is 23.2 Å². The Morgan fingerprint density at radius 3 is 2.53 bits per heavy atom. The van der Waals surface area contributed by atoms with Crippen LogP contribution in [0.1, 0.15) is 16.9 Å². The van der Waals surface area contributed by atoms with E-state index in [0.29, 0.717) is 13.0 Å². The van der Waals surface area contributed by atoms with E-state index >= 15 is 0 Å². The van der Waals surface area contributed by atoms with Gasteiger partial charge in [0.05, 0.1) is 12.4 Å². The summed E-state index contributed by atoms with van der Waals surface area (Å²) in [6.45, 7) is 0.630. The van der Waals surface area contributed by atoms with Crippen molar-refractivity contribution >= 4 is 23.6 Å². The van der Waals surface area contributed by atoms with Crippen LogP contribution in [0.25, 0.3) is 0 Å². The van der Waals surface area contributed by atoms with Crippen LogP contribution in [0.4, 0.5) is 4.79 Å². The molecule has 0 bridgehead atoms. The Morgan fingerprint density at radius 1 is 1.24 bits per heavy atom. The average Bonchev–Trinajstić information content (AvgIpc) is 2.29. The van der Waals surface area contributed by atoms with Crippen molar-refractivity contribution in [1.82, 2.24) is 20.6 Å². The van der Waals surface area contributed by atoms with E-state index in [0.717, 1.165) is 0 Å². The molecule has 0 saturated carbocycles. The van der Waals surface area contributed by atoms with Crippen LogP contribution in [0.2, 0.25) is 5.15 Å². The Morgan fingerprint density at radius 2 is 1.94 bits per heavy atom. The number of carboxylic acid groups (broad SMARTS) is 1. The molecule has 0 atom stereocenters. The zero-order valence-electron chi connectivity index (χ0n) is 8.81. The Labute approximate surface area is 102 Å². The van der Waals surface area contributed by atoms with Crippen LogP contribution < -0.4 is 10.6 Å². The predicted octanol–water partition coefficient (Wildman–Crippen LogP) is 0.517. The Kier molecular flexibility index (Phi) is 5.15. The fraction of sp³-hybridized carbons (Fsp3) is 0.333. The summed E-state index contributed by atoms with van der Waals surface area (Å²) >= 11 is 5.52. The van der Waals surface area contributed by atoms with Gasteiger partial charge in [0.25, 0.3) is 5.91 Å². The number of nitrogens with zero attached hydrogens (tertiary/aromatic N) is 2. The largest absolute Gasteiger partial charge is 0.465 e. The van der Waals surface area contributed by atoms with Gasteiger partial charge in [-0.1, -0.05) is 11.6 Å². The summed E-state index contributed by atoms with van der Waals surface area (Å²) in [4.78, 5) is 29.1. The van der Waals surface area contributed by atoms with Gasteiger partial charge in [0, 0.05) is 13.1 Å². The van der Waals surface area contributed by atoms with Gasteiger partial charge in [-0.25, -0.2) is 14.8 Å². The van der Waals surface area contributed by atoms with Crippen molar-refractivity contribution in [3.8, 4) is 0 Å². The molecule has 8 heteroatoms. The maximum Gasteiger partial charge on any atom is 0.404 e. The number of hydrogen-bond acceptors (Lipinski definition) is 4. The second kappa shape index (κ2) is 6.64. The summed E-state index contributed by atoms with van der Waals surface area (Å²) in [5.74, 6) is -0.371. The fourth-order valence-corrected chi connectivity index (χ4v) is 1.10. The van der Waals surface area contributed by atoms with E-state index in [-0.39, 0.29) is 23.3 Å². The third kappa shape index (κ3) is 5.12. The van der Waals surface area contributed by atoms with E-state index in [9.17, 15) is 9.59 Å². The lowest BCUT2D eigenvalue weighted by Crippen LogP contribution is -2.29. The predicted molar refractivity (Wildman–Crippen MR) is 60.0 cm³/mol. The molecular formula is C9H11ClN4O3. The number of hydrogen-bond donors (Lipinski definition) is 3. The summed E-state index contributed by atoms with van der Waals surface area (Å²) in [6, 6.07) is 0. The van der Waals surface area contributed by atoms with Crippen molar-refractivity contribution in [2.75, 3.05) is 13.1 Å². The van der Waals surface area contributed by atoms with Gasteiger partial charge in [-0.15, -0.1) is 0 Å². The topological polar surface area (TPSA) is 104 Å². The molecule has 0 saturated heterocycles.